The highest BCUT2D eigenvalue weighted by molar-refractivity contribution is 5.85. The number of hydrogen-bond donors (Lipinski definition) is 0. The largest absolute Gasteiger partial charge is 0.412 e. The summed E-state index contributed by atoms with van der Waals surface area (Å²) in [4.78, 5) is 0. The van der Waals surface area contributed by atoms with Gasteiger partial charge in [0.1, 0.15) is 0 Å². The van der Waals surface area contributed by atoms with Crippen LogP contribution < -0.4 is 0 Å². The Morgan fingerprint density at radius 2 is 1.17 bits per heavy atom. The van der Waals surface area contributed by atoms with Crippen molar-refractivity contribution in [2.45, 2.75) is 26.7 Å². The minimum Gasteiger partial charge on any atom is -0.412 e. The maximum absolute atomic E-state index is 2.18. The van der Waals surface area contributed by atoms with Crippen molar-refractivity contribution in [2.75, 3.05) is 0 Å². The van der Waals surface area contributed by atoms with Crippen molar-refractivity contribution >= 4 is 12.4 Å². The molecule has 0 aromatic heterocycles. The summed E-state index contributed by atoms with van der Waals surface area (Å²) in [6.45, 7) is 4.36. The van der Waals surface area contributed by atoms with Crippen LogP contribution in [0.15, 0.2) is 0 Å². The average molecular weight is 113 g/mol. The first-order valence-corrected chi connectivity index (χ1v) is 1.91. The molecule has 0 aliphatic heterocycles. The van der Waals surface area contributed by atoms with Crippen LogP contribution in [0.4, 0.5) is 0 Å². The predicted molar refractivity (Wildman–Crippen MR) is 31.4 cm³/mol. The normalized spacial score (nSPS) is 5.00. The van der Waals surface area contributed by atoms with E-state index in [1.165, 1.54) is 12.8 Å². The highest BCUT2D eigenvalue weighted by Gasteiger charge is 1.56. The van der Waals surface area contributed by atoms with E-state index in [-0.39, 0.29) is 17.9 Å². The van der Waals surface area contributed by atoms with Crippen molar-refractivity contribution in [1.82, 2.24) is 0 Å². The lowest BCUT2D eigenvalue weighted by atomic mass is 10.4. The van der Waals surface area contributed by atoms with Gasteiger partial charge in [-0.3, -0.25) is 0 Å². The van der Waals surface area contributed by atoms with E-state index < -0.39 is 0 Å². The SMILES string of the molecule is CCCC.Cl.O. The van der Waals surface area contributed by atoms with E-state index in [0.29, 0.717) is 0 Å². The molecule has 0 aliphatic carbocycles. The minimum atomic E-state index is 0. The lowest BCUT2D eigenvalue weighted by molar-refractivity contribution is 0.824. The monoisotopic (exact) mass is 112 g/mol. The fourth-order valence-corrected chi connectivity index (χ4v) is 0. The van der Waals surface area contributed by atoms with Gasteiger partial charge < -0.3 is 5.48 Å². The second kappa shape index (κ2) is 18.7. The quantitative estimate of drug-likeness (QED) is 0.491. The van der Waals surface area contributed by atoms with Gasteiger partial charge in [-0.25, -0.2) is 0 Å². The van der Waals surface area contributed by atoms with Gasteiger partial charge in [-0.1, -0.05) is 26.7 Å². The molecule has 0 aromatic carbocycles. The topological polar surface area (TPSA) is 31.5 Å². The smallest absolute Gasteiger partial charge is 0.0564 e. The zero-order chi connectivity index (χ0) is 3.41. The van der Waals surface area contributed by atoms with E-state index in [2.05, 4.69) is 13.8 Å². The molecule has 0 rings (SSSR count). The molecular formula is C4H13ClO. The summed E-state index contributed by atoms with van der Waals surface area (Å²) < 4.78 is 0. The molecule has 42 valence electrons. The molecule has 0 saturated heterocycles. The summed E-state index contributed by atoms with van der Waals surface area (Å²) >= 11 is 0. The van der Waals surface area contributed by atoms with Crippen LogP contribution in [-0.4, -0.2) is 5.48 Å². The number of rotatable bonds is 1. The predicted octanol–water partition coefficient (Wildman–Crippen LogP) is 1.40. The lowest BCUT2D eigenvalue weighted by Crippen LogP contribution is -1.47. The van der Waals surface area contributed by atoms with Crippen molar-refractivity contribution in [3.8, 4) is 0 Å². The Hall–Kier alpha value is 0.250. The molecule has 0 amide bonds. The first-order valence-electron chi connectivity index (χ1n) is 1.91. The van der Waals surface area contributed by atoms with Crippen LogP contribution in [0.1, 0.15) is 26.7 Å². The zero-order valence-electron chi connectivity index (χ0n) is 4.32. The molecule has 6 heavy (non-hydrogen) atoms. The van der Waals surface area contributed by atoms with E-state index in [4.69, 9.17) is 0 Å². The molecule has 0 fully saturated rings. The lowest BCUT2D eigenvalue weighted by Gasteiger charge is -1.68. The molecule has 0 bridgehead atoms. The number of unbranched alkanes of at least 4 members (excludes halogenated alkanes) is 1. The molecule has 2 N–H and O–H groups in total. The summed E-state index contributed by atoms with van der Waals surface area (Å²) in [5, 5.41) is 0. The Balaban J connectivity index is -0.0000000450. The molecule has 0 unspecified atom stereocenters. The summed E-state index contributed by atoms with van der Waals surface area (Å²) in [5.41, 5.74) is 0. The highest BCUT2D eigenvalue weighted by Crippen LogP contribution is 1.76. The van der Waals surface area contributed by atoms with Gasteiger partial charge in [-0.2, -0.15) is 0 Å². The van der Waals surface area contributed by atoms with Crippen molar-refractivity contribution in [2.24, 2.45) is 0 Å². The van der Waals surface area contributed by atoms with Crippen LogP contribution in [0.2, 0.25) is 0 Å². The van der Waals surface area contributed by atoms with E-state index in [1.807, 2.05) is 0 Å². The molecule has 0 saturated carbocycles. The maximum Gasteiger partial charge on any atom is -0.0564 e. The Labute approximate surface area is 45.5 Å². The summed E-state index contributed by atoms with van der Waals surface area (Å²) in [5.74, 6) is 0. The Morgan fingerprint density at radius 3 is 1.17 bits per heavy atom. The van der Waals surface area contributed by atoms with Gasteiger partial charge in [-0.15, -0.1) is 12.4 Å². The maximum atomic E-state index is 2.18. The molecule has 0 aromatic rings. The van der Waals surface area contributed by atoms with E-state index in [9.17, 15) is 0 Å². The Bertz CT molecular complexity index is 9.51. The molecule has 0 heterocycles. The molecule has 2 heteroatoms. The van der Waals surface area contributed by atoms with Crippen LogP contribution in [-0.2, 0) is 0 Å². The Morgan fingerprint density at radius 1 is 1.00 bits per heavy atom. The van der Waals surface area contributed by atoms with Crippen molar-refractivity contribution in [1.29, 1.82) is 0 Å². The molecule has 1 nitrogen and oxygen atoms in total. The fourth-order valence-electron chi connectivity index (χ4n) is 0. The number of halogens is 1. The first kappa shape index (κ1) is 16.3. The second-order valence-electron chi connectivity index (χ2n) is 1.000. The van der Waals surface area contributed by atoms with Crippen molar-refractivity contribution in [3.63, 3.8) is 0 Å². The zero-order valence-corrected chi connectivity index (χ0v) is 5.14. The minimum absolute atomic E-state index is 0. The molecule has 0 aliphatic rings. The van der Waals surface area contributed by atoms with Crippen LogP contribution in [0, 0.1) is 0 Å². The van der Waals surface area contributed by atoms with E-state index in [1.54, 1.807) is 0 Å². The highest BCUT2D eigenvalue weighted by atomic mass is 35.5. The summed E-state index contributed by atoms with van der Waals surface area (Å²) in [6, 6.07) is 0. The van der Waals surface area contributed by atoms with Crippen LogP contribution in [0.3, 0.4) is 0 Å². The third kappa shape index (κ3) is 28.7. The van der Waals surface area contributed by atoms with Gasteiger partial charge in [0.15, 0.2) is 0 Å². The standard InChI is InChI=1S/C4H10.ClH.H2O/c1-3-4-2;;/h3-4H2,1-2H3;1H;1H2. The second-order valence-corrected chi connectivity index (χ2v) is 1.000. The number of hydrogen-bond acceptors (Lipinski definition) is 0. The molecular weight excluding hydrogens is 99.5 g/mol. The van der Waals surface area contributed by atoms with Gasteiger partial charge in [0, 0.05) is 0 Å². The van der Waals surface area contributed by atoms with E-state index in [0.717, 1.165) is 0 Å². The van der Waals surface area contributed by atoms with Gasteiger partial charge in [0.2, 0.25) is 0 Å². The summed E-state index contributed by atoms with van der Waals surface area (Å²) in [7, 11) is 0. The van der Waals surface area contributed by atoms with Gasteiger partial charge >= 0.3 is 0 Å². The van der Waals surface area contributed by atoms with Crippen LogP contribution >= 0.6 is 12.4 Å². The molecule has 0 spiro atoms. The van der Waals surface area contributed by atoms with Crippen molar-refractivity contribution in [3.05, 3.63) is 0 Å². The van der Waals surface area contributed by atoms with E-state index >= 15 is 0 Å². The van der Waals surface area contributed by atoms with Gasteiger partial charge in [0.05, 0.1) is 0 Å². The average Bonchev–Trinajstić information content (AvgIpc) is 1.37. The van der Waals surface area contributed by atoms with Crippen LogP contribution in [0.5, 0.6) is 0 Å². The fraction of sp³-hybridized carbons (Fsp3) is 1.00. The van der Waals surface area contributed by atoms with Crippen molar-refractivity contribution < 1.29 is 5.48 Å². The summed E-state index contributed by atoms with van der Waals surface area (Å²) in [6.07, 6.45) is 2.64. The molecule has 0 radical (unpaired) electrons. The van der Waals surface area contributed by atoms with Crippen LogP contribution in [0.25, 0.3) is 0 Å². The third-order valence-electron chi connectivity index (χ3n) is 0.500. The Kier molecular flexibility index (Phi) is 50.9. The van der Waals surface area contributed by atoms with Gasteiger partial charge in [-0.05, 0) is 0 Å². The van der Waals surface area contributed by atoms with Gasteiger partial charge in [0.25, 0.3) is 0 Å². The molecule has 0 atom stereocenters. The first-order chi connectivity index (χ1) is 1.91. The third-order valence-corrected chi connectivity index (χ3v) is 0.500.